The van der Waals surface area contributed by atoms with Gasteiger partial charge in [-0.05, 0) is 31.5 Å². The Hall–Kier alpha value is -2.63. The van der Waals surface area contributed by atoms with Crippen LogP contribution < -0.4 is 10.1 Å². The minimum absolute atomic E-state index is 0.0371. The standard InChI is InChI=1S/C13H15N3O2.C5H7NO2S.C2H6O/c1-10-3-2-4-11(9-10)15-13-14-6-5-12(16-13)18-8-7-17;7-3-4(8)5-6-1-2-9-5;1-2-3/h2-6,9,17H,7-8H2,1H3,(H,14,15,16);1-2,4,7-8H,3H2;3H,2H2,1H3. The van der Waals surface area contributed by atoms with Crippen LogP contribution in [0.2, 0.25) is 0 Å². The molecule has 3 rings (SSSR count). The Balaban J connectivity index is 0.000000313. The number of hydrogen-bond donors (Lipinski definition) is 5. The summed E-state index contributed by atoms with van der Waals surface area (Å²) in [7, 11) is 0. The van der Waals surface area contributed by atoms with Crippen molar-refractivity contribution in [3.63, 3.8) is 0 Å². The number of aromatic nitrogens is 3. The van der Waals surface area contributed by atoms with Crippen molar-refractivity contribution in [2.24, 2.45) is 0 Å². The molecular formula is C20H28N4O5S. The third-order valence-electron chi connectivity index (χ3n) is 3.15. The quantitative estimate of drug-likeness (QED) is 0.376. The lowest BCUT2D eigenvalue weighted by atomic mass is 10.2. The van der Waals surface area contributed by atoms with Gasteiger partial charge in [-0.2, -0.15) is 4.98 Å². The van der Waals surface area contributed by atoms with Gasteiger partial charge in [-0.25, -0.2) is 9.97 Å². The van der Waals surface area contributed by atoms with E-state index in [9.17, 15) is 0 Å². The molecule has 0 amide bonds. The molecule has 1 aromatic carbocycles. The maximum absolute atomic E-state index is 8.92. The van der Waals surface area contributed by atoms with Crippen LogP contribution in [0, 0.1) is 6.92 Å². The topological polar surface area (TPSA) is 141 Å². The zero-order valence-corrected chi connectivity index (χ0v) is 17.8. The molecule has 2 heterocycles. The number of benzene rings is 1. The Labute approximate surface area is 179 Å². The summed E-state index contributed by atoms with van der Waals surface area (Å²) in [6.07, 6.45) is 2.40. The highest BCUT2D eigenvalue weighted by Gasteiger charge is 2.06. The normalized spacial score (nSPS) is 10.7. The molecule has 0 saturated heterocycles. The number of aliphatic hydroxyl groups is 4. The van der Waals surface area contributed by atoms with Gasteiger partial charge in [0.1, 0.15) is 17.7 Å². The molecule has 30 heavy (non-hydrogen) atoms. The summed E-state index contributed by atoms with van der Waals surface area (Å²) >= 11 is 1.33. The third kappa shape index (κ3) is 10.2. The van der Waals surface area contributed by atoms with E-state index >= 15 is 0 Å². The van der Waals surface area contributed by atoms with Gasteiger partial charge in [0.25, 0.3) is 0 Å². The fourth-order valence-electron chi connectivity index (χ4n) is 1.96. The van der Waals surface area contributed by atoms with E-state index in [1.165, 1.54) is 11.3 Å². The molecule has 0 radical (unpaired) electrons. The number of hydrogen-bond acceptors (Lipinski definition) is 10. The molecule has 2 aromatic heterocycles. The number of anilines is 2. The summed E-state index contributed by atoms with van der Waals surface area (Å²) in [5, 5.41) is 39.0. The van der Waals surface area contributed by atoms with E-state index < -0.39 is 6.10 Å². The molecule has 0 aliphatic carbocycles. The molecule has 0 fully saturated rings. The van der Waals surface area contributed by atoms with Gasteiger partial charge in [-0.1, -0.05) is 12.1 Å². The zero-order chi connectivity index (χ0) is 22.2. The monoisotopic (exact) mass is 436 g/mol. The second kappa shape index (κ2) is 15.2. The molecule has 0 bridgehead atoms. The number of thiazole rings is 1. The molecule has 5 N–H and O–H groups in total. The van der Waals surface area contributed by atoms with Crippen molar-refractivity contribution < 1.29 is 25.2 Å². The predicted octanol–water partition coefficient (Wildman–Crippen LogP) is 2.07. The van der Waals surface area contributed by atoms with Crippen molar-refractivity contribution in [2.75, 3.05) is 31.7 Å². The van der Waals surface area contributed by atoms with Gasteiger partial charge in [-0.3, -0.25) is 0 Å². The van der Waals surface area contributed by atoms with Crippen LogP contribution in [0.25, 0.3) is 0 Å². The highest BCUT2D eigenvalue weighted by molar-refractivity contribution is 7.09. The van der Waals surface area contributed by atoms with Gasteiger partial charge in [0, 0.05) is 36.1 Å². The van der Waals surface area contributed by atoms with Crippen molar-refractivity contribution in [3.05, 3.63) is 58.7 Å². The Kier molecular flexibility index (Phi) is 12.9. The first-order chi connectivity index (χ1) is 14.5. The van der Waals surface area contributed by atoms with Gasteiger partial charge in [-0.15, -0.1) is 11.3 Å². The van der Waals surface area contributed by atoms with Crippen LogP contribution in [0.3, 0.4) is 0 Å². The van der Waals surface area contributed by atoms with Crippen LogP contribution in [0.4, 0.5) is 11.6 Å². The van der Waals surface area contributed by atoms with Crippen LogP contribution in [0.1, 0.15) is 23.6 Å². The van der Waals surface area contributed by atoms with Crippen molar-refractivity contribution in [1.82, 2.24) is 15.0 Å². The number of rotatable bonds is 7. The fourth-order valence-corrected chi connectivity index (χ4v) is 2.58. The second-order valence-corrected chi connectivity index (χ2v) is 6.60. The minimum atomic E-state index is -0.801. The van der Waals surface area contributed by atoms with Crippen molar-refractivity contribution >= 4 is 23.0 Å². The van der Waals surface area contributed by atoms with Gasteiger partial charge in [0.2, 0.25) is 11.8 Å². The number of aryl methyl sites for hydroxylation is 1. The van der Waals surface area contributed by atoms with E-state index in [0.717, 1.165) is 11.3 Å². The summed E-state index contributed by atoms with van der Waals surface area (Å²) in [6, 6.07) is 9.58. The molecule has 3 aromatic rings. The van der Waals surface area contributed by atoms with E-state index in [-0.39, 0.29) is 26.4 Å². The number of nitrogens with one attached hydrogen (secondary N) is 1. The highest BCUT2D eigenvalue weighted by atomic mass is 32.1. The largest absolute Gasteiger partial charge is 0.475 e. The van der Waals surface area contributed by atoms with Gasteiger partial charge < -0.3 is 30.5 Å². The Morgan fingerprint density at radius 3 is 2.50 bits per heavy atom. The van der Waals surface area contributed by atoms with E-state index in [0.29, 0.717) is 16.8 Å². The maximum atomic E-state index is 8.92. The first-order valence-electron chi connectivity index (χ1n) is 9.23. The molecule has 0 saturated carbocycles. The third-order valence-corrected chi connectivity index (χ3v) is 4.03. The molecule has 0 spiro atoms. The molecular weight excluding hydrogens is 408 g/mol. The average molecular weight is 437 g/mol. The van der Waals surface area contributed by atoms with Crippen LogP contribution in [-0.4, -0.2) is 61.8 Å². The Morgan fingerprint density at radius 2 is 1.90 bits per heavy atom. The van der Waals surface area contributed by atoms with Crippen LogP contribution >= 0.6 is 11.3 Å². The molecule has 164 valence electrons. The maximum Gasteiger partial charge on any atom is 0.230 e. The van der Waals surface area contributed by atoms with E-state index in [1.807, 2.05) is 31.2 Å². The molecule has 1 atom stereocenters. The van der Waals surface area contributed by atoms with E-state index in [1.54, 1.807) is 30.8 Å². The molecule has 9 nitrogen and oxygen atoms in total. The number of ether oxygens (including phenoxy) is 1. The zero-order valence-electron chi connectivity index (χ0n) is 17.0. The van der Waals surface area contributed by atoms with Gasteiger partial charge in [0.05, 0.1) is 13.2 Å². The van der Waals surface area contributed by atoms with E-state index in [4.69, 9.17) is 25.2 Å². The predicted molar refractivity (Wildman–Crippen MR) is 116 cm³/mol. The Morgan fingerprint density at radius 1 is 1.13 bits per heavy atom. The first kappa shape index (κ1) is 25.4. The minimum Gasteiger partial charge on any atom is -0.475 e. The number of nitrogens with zero attached hydrogens (tertiary/aromatic N) is 3. The van der Waals surface area contributed by atoms with Crippen LogP contribution in [0.5, 0.6) is 5.88 Å². The highest BCUT2D eigenvalue weighted by Crippen LogP contribution is 2.16. The molecule has 1 unspecified atom stereocenters. The van der Waals surface area contributed by atoms with Crippen molar-refractivity contribution in [1.29, 1.82) is 0 Å². The van der Waals surface area contributed by atoms with Crippen LogP contribution in [0.15, 0.2) is 48.1 Å². The first-order valence-corrected chi connectivity index (χ1v) is 10.1. The van der Waals surface area contributed by atoms with Gasteiger partial charge in [0.15, 0.2) is 0 Å². The second-order valence-electron chi connectivity index (χ2n) is 5.67. The SMILES string of the molecule is CCO.Cc1cccc(Nc2nccc(OCCO)n2)c1.OCC(O)c1nccs1. The Bertz CT molecular complexity index is 820. The fraction of sp³-hybridized carbons (Fsp3) is 0.350. The molecule has 10 heteroatoms. The smallest absolute Gasteiger partial charge is 0.230 e. The average Bonchev–Trinajstić information content (AvgIpc) is 3.28. The lowest BCUT2D eigenvalue weighted by Crippen LogP contribution is -2.05. The summed E-state index contributed by atoms with van der Waals surface area (Å²) in [4.78, 5) is 12.1. The summed E-state index contributed by atoms with van der Waals surface area (Å²) in [5.41, 5.74) is 2.09. The van der Waals surface area contributed by atoms with Crippen LogP contribution in [-0.2, 0) is 0 Å². The van der Waals surface area contributed by atoms with Gasteiger partial charge >= 0.3 is 0 Å². The lowest BCUT2D eigenvalue weighted by Gasteiger charge is -2.07. The molecule has 0 aliphatic rings. The van der Waals surface area contributed by atoms with E-state index in [2.05, 4.69) is 20.3 Å². The lowest BCUT2D eigenvalue weighted by molar-refractivity contribution is 0.0954. The molecule has 0 aliphatic heterocycles. The van der Waals surface area contributed by atoms with Crippen molar-refractivity contribution in [2.45, 2.75) is 20.0 Å². The summed E-state index contributed by atoms with van der Waals surface area (Å²) < 4.78 is 5.22. The van der Waals surface area contributed by atoms with Crippen molar-refractivity contribution in [3.8, 4) is 5.88 Å². The number of aliphatic hydroxyl groups excluding tert-OH is 4. The summed E-state index contributed by atoms with van der Waals surface area (Å²) in [6.45, 7) is 3.88. The summed E-state index contributed by atoms with van der Waals surface area (Å²) in [5.74, 6) is 0.908.